The van der Waals surface area contributed by atoms with Gasteiger partial charge in [-0.1, -0.05) is 25.1 Å². The Labute approximate surface area is 107 Å². The Balaban J connectivity index is 2.27. The van der Waals surface area contributed by atoms with Gasteiger partial charge in [0.15, 0.2) is 0 Å². The first-order chi connectivity index (χ1) is 8.67. The molecule has 0 spiro atoms. The van der Waals surface area contributed by atoms with Crippen molar-refractivity contribution in [2.24, 2.45) is 7.05 Å². The number of ether oxygens (including phenoxy) is 1. The number of para-hydroxylation sites is 1. The Hall–Kier alpha value is -1.39. The molecule has 2 aromatic rings. The molecule has 18 heavy (non-hydrogen) atoms. The van der Waals surface area contributed by atoms with Crippen LogP contribution in [-0.4, -0.2) is 34.2 Å². The van der Waals surface area contributed by atoms with E-state index in [1.807, 2.05) is 42.9 Å². The second-order valence-corrected chi connectivity index (χ2v) is 4.54. The van der Waals surface area contributed by atoms with E-state index in [1.165, 1.54) is 0 Å². The van der Waals surface area contributed by atoms with E-state index in [1.54, 1.807) is 7.11 Å². The molecule has 4 heteroatoms. The van der Waals surface area contributed by atoms with Crippen LogP contribution in [0.5, 0.6) is 0 Å². The molecular formula is C14H20N2O2. The Bertz CT molecular complexity index is 517. The first kappa shape index (κ1) is 13.1. The van der Waals surface area contributed by atoms with Gasteiger partial charge in [0.25, 0.3) is 0 Å². The number of aryl methyl sites for hydroxylation is 1. The summed E-state index contributed by atoms with van der Waals surface area (Å²) in [6.45, 7) is 2.01. The van der Waals surface area contributed by atoms with Crippen molar-refractivity contribution in [2.75, 3.05) is 7.11 Å². The summed E-state index contributed by atoms with van der Waals surface area (Å²) in [4.78, 5) is 0. The molecule has 1 heterocycles. The number of fused-ring (bicyclic) bond motifs is 1. The van der Waals surface area contributed by atoms with Gasteiger partial charge in [0, 0.05) is 26.0 Å². The molecule has 0 aliphatic heterocycles. The minimum Gasteiger partial charge on any atom is -0.390 e. The predicted molar refractivity (Wildman–Crippen MR) is 71.5 cm³/mol. The van der Waals surface area contributed by atoms with Crippen LogP contribution in [0.1, 0.15) is 19.0 Å². The number of rotatable bonds is 5. The molecule has 1 aromatic heterocycles. The number of hydrogen-bond donors (Lipinski definition) is 1. The molecule has 2 rings (SSSR count). The first-order valence-corrected chi connectivity index (χ1v) is 6.28. The van der Waals surface area contributed by atoms with Gasteiger partial charge in [0.1, 0.15) is 0 Å². The summed E-state index contributed by atoms with van der Waals surface area (Å²) in [5.41, 5.74) is 2.02. The SMILES string of the molecule is CCC(OC)C(O)Cc1nn(C)c2ccccc12. The van der Waals surface area contributed by atoms with E-state index in [0.29, 0.717) is 6.42 Å². The predicted octanol–water partition coefficient (Wildman–Crippen LogP) is 1.90. The van der Waals surface area contributed by atoms with Crippen LogP contribution in [0.2, 0.25) is 0 Å². The Kier molecular flexibility index (Phi) is 3.99. The van der Waals surface area contributed by atoms with E-state index >= 15 is 0 Å². The summed E-state index contributed by atoms with van der Waals surface area (Å²) in [5.74, 6) is 0. The van der Waals surface area contributed by atoms with Crippen molar-refractivity contribution in [3.05, 3.63) is 30.0 Å². The summed E-state index contributed by atoms with van der Waals surface area (Å²) in [6.07, 6.45) is 0.667. The number of nitrogens with zero attached hydrogens (tertiary/aromatic N) is 2. The summed E-state index contributed by atoms with van der Waals surface area (Å²) in [7, 11) is 3.56. The summed E-state index contributed by atoms with van der Waals surface area (Å²) < 4.78 is 7.12. The molecule has 0 aliphatic carbocycles. The fraction of sp³-hybridized carbons (Fsp3) is 0.500. The minimum absolute atomic E-state index is 0.134. The fourth-order valence-corrected chi connectivity index (χ4v) is 2.36. The summed E-state index contributed by atoms with van der Waals surface area (Å²) in [5, 5.41) is 15.7. The zero-order valence-corrected chi connectivity index (χ0v) is 11.1. The van der Waals surface area contributed by atoms with Crippen molar-refractivity contribution in [3.63, 3.8) is 0 Å². The second kappa shape index (κ2) is 5.50. The van der Waals surface area contributed by atoms with Crippen molar-refractivity contribution < 1.29 is 9.84 Å². The maximum Gasteiger partial charge on any atom is 0.0857 e. The third-order valence-corrected chi connectivity index (χ3v) is 3.37. The smallest absolute Gasteiger partial charge is 0.0857 e. The van der Waals surface area contributed by atoms with E-state index in [9.17, 15) is 5.11 Å². The fourth-order valence-electron chi connectivity index (χ4n) is 2.36. The second-order valence-electron chi connectivity index (χ2n) is 4.54. The van der Waals surface area contributed by atoms with Crippen LogP contribution in [-0.2, 0) is 18.2 Å². The zero-order chi connectivity index (χ0) is 13.1. The van der Waals surface area contributed by atoms with Crippen molar-refractivity contribution in [2.45, 2.75) is 32.0 Å². The van der Waals surface area contributed by atoms with E-state index < -0.39 is 6.10 Å². The van der Waals surface area contributed by atoms with Gasteiger partial charge in [-0.2, -0.15) is 5.10 Å². The molecular weight excluding hydrogens is 228 g/mol. The van der Waals surface area contributed by atoms with Crippen LogP contribution < -0.4 is 0 Å². The molecule has 0 saturated heterocycles. The topological polar surface area (TPSA) is 47.3 Å². The van der Waals surface area contributed by atoms with Gasteiger partial charge in [0.2, 0.25) is 0 Å². The van der Waals surface area contributed by atoms with Gasteiger partial charge in [-0.05, 0) is 12.5 Å². The molecule has 0 saturated carbocycles. The lowest BCUT2D eigenvalue weighted by Crippen LogP contribution is -2.29. The normalized spacial score (nSPS) is 14.9. The van der Waals surface area contributed by atoms with Crippen LogP contribution in [0.4, 0.5) is 0 Å². The largest absolute Gasteiger partial charge is 0.390 e. The number of methoxy groups -OCH3 is 1. The van der Waals surface area contributed by atoms with Crippen LogP contribution >= 0.6 is 0 Å². The number of aromatic nitrogens is 2. The molecule has 0 aliphatic rings. The van der Waals surface area contributed by atoms with Gasteiger partial charge in [0.05, 0.1) is 23.4 Å². The lowest BCUT2D eigenvalue weighted by molar-refractivity contribution is -0.0131. The number of hydrogen-bond acceptors (Lipinski definition) is 3. The van der Waals surface area contributed by atoms with E-state index in [0.717, 1.165) is 23.0 Å². The maximum atomic E-state index is 10.2. The van der Waals surface area contributed by atoms with E-state index in [-0.39, 0.29) is 6.10 Å². The van der Waals surface area contributed by atoms with Crippen LogP contribution in [0.25, 0.3) is 10.9 Å². The number of aliphatic hydroxyl groups is 1. The monoisotopic (exact) mass is 248 g/mol. The molecule has 4 nitrogen and oxygen atoms in total. The molecule has 0 fully saturated rings. The van der Waals surface area contributed by atoms with Crippen molar-refractivity contribution >= 4 is 10.9 Å². The van der Waals surface area contributed by atoms with Gasteiger partial charge in [-0.25, -0.2) is 0 Å². The highest BCUT2D eigenvalue weighted by Gasteiger charge is 2.20. The molecule has 98 valence electrons. The number of aliphatic hydroxyl groups excluding tert-OH is 1. The third-order valence-electron chi connectivity index (χ3n) is 3.37. The highest BCUT2D eigenvalue weighted by Crippen LogP contribution is 2.20. The van der Waals surface area contributed by atoms with Gasteiger partial charge in [-0.3, -0.25) is 4.68 Å². The van der Waals surface area contributed by atoms with E-state index in [2.05, 4.69) is 5.10 Å². The average molecular weight is 248 g/mol. The maximum absolute atomic E-state index is 10.2. The molecule has 0 amide bonds. The van der Waals surface area contributed by atoms with Gasteiger partial charge < -0.3 is 9.84 Å². The minimum atomic E-state index is -0.515. The Morgan fingerprint density at radius 1 is 1.39 bits per heavy atom. The highest BCUT2D eigenvalue weighted by molar-refractivity contribution is 5.81. The quantitative estimate of drug-likeness (QED) is 0.879. The van der Waals surface area contributed by atoms with Crippen LogP contribution in [0.15, 0.2) is 24.3 Å². The molecule has 2 unspecified atom stereocenters. The Morgan fingerprint density at radius 3 is 2.78 bits per heavy atom. The Morgan fingerprint density at radius 2 is 2.11 bits per heavy atom. The zero-order valence-electron chi connectivity index (χ0n) is 11.1. The summed E-state index contributed by atoms with van der Waals surface area (Å²) >= 11 is 0. The standard InChI is InChI=1S/C14H20N2O2/c1-4-14(18-3)13(17)9-11-10-7-5-6-8-12(10)16(2)15-11/h5-8,13-14,17H,4,9H2,1-3H3. The summed E-state index contributed by atoms with van der Waals surface area (Å²) in [6, 6.07) is 8.06. The van der Waals surface area contributed by atoms with Crippen molar-refractivity contribution in [1.82, 2.24) is 9.78 Å². The average Bonchev–Trinajstić information content (AvgIpc) is 2.69. The van der Waals surface area contributed by atoms with Crippen LogP contribution in [0, 0.1) is 0 Å². The van der Waals surface area contributed by atoms with Crippen molar-refractivity contribution in [1.29, 1.82) is 0 Å². The molecule has 0 radical (unpaired) electrons. The molecule has 1 aromatic carbocycles. The first-order valence-electron chi connectivity index (χ1n) is 6.28. The van der Waals surface area contributed by atoms with Crippen LogP contribution in [0.3, 0.4) is 0 Å². The van der Waals surface area contributed by atoms with Gasteiger partial charge in [-0.15, -0.1) is 0 Å². The molecule has 0 bridgehead atoms. The number of benzene rings is 1. The molecule has 1 N–H and O–H groups in total. The lowest BCUT2D eigenvalue weighted by Gasteiger charge is -2.19. The lowest BCUT2D eigenvalue weighted by atomic mass is 10.0. The molecule has 2 atom stereocenters. The van der Waals surface area contributed by atoms with Crippen molar-refractivity contribution in [3.8, 4) is 0 Å². The third kappa shape index (κ3) is 2.40. The van der Waals surface area contributed by atoms with E-state index in [4.69, 9.17) is 4.74 Å². The van der Waals surface area contributed by atoms with Gasteiger partial charge >= 0.3 is 0 Å². The highest BCUT2D eigenvalue weighted by atomic mass is 16.5.